The Morgan fingerprint density at radius 1 is 0.812 bits per heavy atom. The van der Waals surface area contributed by atoms with Crippen LogP contribution in [0.1, 0.15) is 33.9 Å². The summed E-state index contributed by atoms with van der Waals surface area (Å²) in [6, 6.07) is 26.8. The summed E-state index contributed by atoms with van der Waals surface area (Å²) in [4.78, 5) is 30.2. The summed E-state index contributed by atoms with van der Waals surface area (Å²) in [5, 5.41) is 3.06. The molecule has 3 aromatic carbocycles. The molecule has 1 saturated heterocycles. The van der Waals surface area contributed by atoms with Crippen molar-refractivity contribution in [2.45, 2.75) is 19.4 Å². The molecule has 5 nitrogen and oxygen atoms in total. The number of rotatable bonds is 6. The lowest BCUT2D eigenvalue weighted by Gasteiger charge is -2.37. The molecular weight excluding hydrogens is 398 g/mol. The van der Waals surface area contributed by atoms with E-state index in [0.29, 0.717) is 18.7 Å². The van der Waals surface area contributed by atoms with Gasteiger partial charge in [0.1, 0.15) is 0 Å². The second kappa shape index (κ2) is 10.1. The van der Waals surface area contributed by atoms with Gasteiger partial charge >= 0.3 is 0 Å². The molecule has 1 heterocycles. The maximum Gasteiger partial charge on any atom is 0.251 e. The number of carbonyl (C=O) groups is 2. The summed E-state index contributed by atoms with van der Waals surface area (Å²) in [6.07, 6.45) is 0.243. The molecule has 4 rings (SSSR count). The van der Waals surface area contributed by atoms with E-state index in [1.165, 1.54) is 11.3 Å². The van der Waals surface area contributed by atoms with Crippen molar-refractivity contribution in [1.29, 1.82) is 0 Å². The van der Waals surface area contributed by atoms with Crippen LogP contribution in [-0.4, -0.2) is 42.9 Å². The number of aryl methyl sites for hydroxylation is 1. The Bertz CT molecular complexity index is 1040. The number of hydrogen-bond acceptors (Lipinski definition) is 3. The molecule has 0 bridgehead atoms. The van der Waals surface area contributed by atoms with Crippen LogP contribution in [0.5, 0.6) is 0 Å². The highest BCUT2D eigenvalue weighted by atomic mass is 16.2. The van der Waals surface area contributed by atoms with E-state index in [0.717, 1.165) is 18.7 Å². The highest BCUT2D eigenvalue weighted by molar-refractivity contribution is 5.94. The molecule has 0 radical (unpaired) electrons. The van der Waals surface area contributed by atoms with Crippen molar-refractivity contribution in [2.75, 3.05) is 31.1 Å². The van der Waals surface area contributed by atoms with Gasteiger partial charge in [0.05, 0.1) is 12.5 Å². The average Bonchev–Trinajstić information content (AvgIpc) is 2.85. The van der Waals surface area contributed by atoms with Gasteiger partial charge in [-0.3, -0.25) is 9.59 Å². The summed E-state index contributed by atoms with van der Waals surface area (Å²) in [6.45, 7) is 5.10. The van der Waals surface area contributed by atoms with Gasteiger partial charge in [-0.25, -0.2) is 0 Å². The van der Waals surface area contributed by atoms with Gasteiger partial charge in [0.25, 0.3) is 5.91 Å². The van der Waals surface area contributed by atoms with E-state index in [1.807, 2.05) is 59.5 Å². The van der Waals surface area contributed by atoms with Crippen molar-refractivity contribution in [3.63, 3.8) is 0 Å². The van der Waals surface area contributed by atoms with E-state index in [2.05, 4.69) is 35.3 Å². The van der Waals surface area contributed by atoms with Crippen LogP contribution in [0.25, 0.3) is 0 Å². The third-order valence-corrected chi connectivity index (χ3v) is 6.01. The van der Waals surface area contributed by atoms with E-state index in [-0.39, 0.29) is 24.3 Å². The summed E-state index contributed by atoms with van der Waals surface area (Å²) in [5.41, 5.74) is 4.01. The van der Waals surface area contributed by atoms with Crippen molar-refractivity contribution in [3.8, 4) is 0 Å². The molecule has 1 aliphatic rings. The number of benzene rings is 3. The van der Waals surface area contributed by atoms with Crippen LogP contribution in [0.3, 0.4) is 0 Å². The molecule has 32 heavy (non-hydrogen) atoms. The molecule has 0 spiro atoms. The van der Waals surface area contributed by atoms with Gasteiger partial charge < -0.3 is 15.1 Å². The molecular formula is C27H29N3O2. The number of carbonyl (C=O) groups excluding carboxylic acids is 2. The van der Waals surface area contributed by atoms with E-state index in [4.69, 9.17) is 0 Å². The number of nitrogens with one attached hydrogen (secondary N) is 1. The van der Waals surface area contributed by atoms with Crippen LogP contribution in [0.2, 0.25) is 0 Å². The fourth-order valence-electron chi connectivity index (χ4n) is 4.19. The van der Waals surface area contributed by atoms with Crippen molar-refractivity contribution in [1.82, 2.24) is 10.2 Å². The molecule has 1 atom stereocenters. The van der Waals surface area contributed by atoms with Crippen molar-refractivity contribution < 1.29 is 9.59 Å². The Balaban J connectivity index is 1.41. The second-order valence-electron chi connectivity index (χ2n) is 8.16. The lowest BCUT2D eigenvalue weighted by Crippen LogP contribution is -2.49. The smallest absolute Gasteiger partial charge is 0.251 e. The van der Waals surface area contributed by atoms with Crippen LogP contribution in [0.4, 0.5) is 5.69 Å². The maximum absolute atomic E-state index is 13.2. The molecule has 5 heteroatoms. The predicted molar refractivity (Wildman–Crippen MR) is 128 cm³/mol. The van der Waals surface area contributed by atoms with E-state index in [1.54, 1.807) is 12.1 Å². The topological polar surface area (TPSA) is 52.6 Å². The molecule has 0 aliphatic carbocycles. The average molecular weight is 428 g/mol. The van der Waals surface area contributed by atoms with E-state index >= 15 is 0 Å². The van der Waals surface area contributed by atoms with Gasteiger partial charge in [0.15, 0.2) is 0 Å². The predicted octanol–water partition coefficient (Wildman–Crippen LogP) is 4.21. The largest absolute Gasteiger partial charge is 0.368 e. The highest BCUT2D eigenvalue weighted by Crippen LogP contribution is 2.23. The first-order valence-electron chi connectivity index (χ1n) is 11.1. The standard InChI is InChI=1S/C27H29N3O2/c1-21-10-8-9-15-25(21)29-16-18-30(19-17-29)26(31)20-24(22-11-4-2-5-12-22)28-27(32)23-13-6-3-7-14-23/h2-15,24H,16-20H2,1H3,(H,28,32). The summed E-state index contributed by atoms with van der Waals surface area (Å²) >= 11 is 0. The first kappa shape index (κ1) is 21.6. The molecule has 164 valence electrons. The van der Waals surface area contributed by atoms with E-state index in [9.17, 15) is 9.59 Å². The van der Waals surface area contributed by atoms with Crippen LogP contribution in [-0.2, 0) is 4.79 Å². The van der Waals surface area contributed by atoms with Gasteiger partial charge in [-0.2, -0.15) is 0 Å². The number of piperazine rings is 1. The lowest BCUT2D eigenvalue weighted by atomic mass is 10.0. The fraction of sp³-hybridized carbons (Fsp3) is 0.259. The van der Waals surface area contributed by atoms with Crippen LogP contribution < -0.4 is 10.2 Å². The summed E-state index contributed by atoms with van der Waals surface area (Å²) in [7, 11) is 0. The Hall–Kier alpha value is -3.60. The third-order valence-electron chi connectivity index (χ3n) is 6.01. The number of anilines is 1. The first-order valence-corrected chi connectivity index (χ1v) is 11.1. The number of nitrogens with zero attached hydrogens (tertiary/aromatic N) is 2. The zero-order valence-corrected chi connectivity index (χ0v) is 18.4. The Labute approximate surface area is 189 Å². The molecule has 1 unspecified atom stereocenters. The molecule has 2 amide bonds. The number of hydrogen-bond donors (Lipinski definition) is 1. The molecule has 1 fully saturated rings. The minimum absolute atomic E-state index is 0.0663. The fourth-order valence-corrected chi connectivity index (χ4v) is 4.19. The Kier molecular flexibility index (Phi) is 6.85. The van der Waals surface area contributed by atoms with Crippen molar-refractivity contribution in [2.24, 2.45) is 0 Å². The van der Waals surface area contributed by atoms with Crippen LogP contribution in [0.15, 0.2) is 84.9 Å². The minimum atomic E-state index is -0.370. The normalized spacial score (nSPS) is 14.7. The van der Waals surface area contributed by atoms with Crippen molar-refractivity contribution >= 4 is 17.5 Å². The minimum Gasteiger partial charge on any atom is -0.368 e. The van der Waals surface area contributed by atoms with E-state index < -0.39 is 0 Å². The highest BCUT2D eigenvalue weighted by Gasteiger charge is 2.26. The van der Waals surface area contributed by atoms with Crippen molar-refractivity contribution in [3.05, 3.63) is 102 Å². The van der Waals surface area contributed by atoms with Gasteiger partial charge in [-0.1, -0.05) is 66.7 Å². The summed E-state index contributed by atoms with van der Waals surface area (Å²) in [5.74, 6) is -0.103. The zero-order valence-electron chi connectivity index (χ0n) is 18.4. The molecule has 0 saturated carbocycles. The lowest BCUT2D eigenvalue weighted by molar-refractivity contribution is -0.132. The van der Waals surface area contributed by atoms with Gasteiger partial charge in [-0.15, -0.1) is 0 Å². The SMILES string of the molecule is Cc1ccccc1N1CCN(C(=O)CC(NC(=O)c2ccccc2)c2ccccc2)CC1. The van der Waals surface area contributed by atoms with Crippen LogP contribution in [0, 0.1) is 6.92 Å². The third kappa shape index (κ3) is 5.17. The molecule has 1 N–H and O–H groups in total. The van der Waals surface area contributed by atoms with Gasteiger partial charge in [0, 0.05) is 37.4 Å². The molecule has 3 aromatic rings. The zero-order chi connectivity index (χ0) is 22.3. The van der Waals surface area contributed by atoms with Gasteiger partial charge in [0.2, 0.25) is 5.91 Å². The summed E-state index contributed by atoms with van der Waals surface area (Å²) < 4.78 is 0. The Morgan fingerprint density at radius 3 is 2.06 bits per heavy atom. The first-order chi connectivity index (χ1) is 15.6. The monoisotopic (exact) mass is 427 g/mol. The quantitative estimate of drug-likeness (QED) is 0.641. The molecule has 0 aromatic heterocycles. The second-order valence-corrected chi connectivity index (χ2v) is 8.16. The number of amides is 2. The Morgan fingerprint density at radius 2 is 1.41 bits per heavy atom. The maximum atomic E-state index is 13.2. The van der Waals surface area contributed by atoms with Gasteiger partial charge in [-0.05, 0) is 36.2 Å². The van der Waals surface area contributed by atoms with Crippen LogP contribution >= 0.6 is 0 Å². The molecule has 1 aliphatic heterocycles. The number of para-hydroxylation sites is 1.